The lowest BCUT2D eigenvalue weighted by Crippen LogP contribution is -2.56. The number of hydrogen-bond donors (Lipinski definition) is 14. The van der Waals surface area contributed by atoms with Crippen LogP contribution < -0.4 is 66.7 Å². The van der Waals surface area contributed by atoms with Crippen LogP contribution in [0.25, 0.3) is 0 Å². The highest BCUT2D eigenvalue weighted by Crippen LogP contribution is 2.19. The number of aliphatic carboxylic acids is 1. The smallest absolute Gasteiger partial charge is 0.328 e. The Hall–Kier alpha value is -5.98. The van der Waals surface area contributed by atoms with Gasteiger partial charge in [-0.2, -0.15) is 0 Å². The number of carbonyl (C=O) groups excluding carboxylic acids is 6. The van der Waals surface area contributed by atoms with E-state index in [2.05, 4.69) is 36.2 Å². The Balaban J connectivity index is 2.99. The molecule has 0 aromatic carbocycles. The number of nitrogens with zero attached hydrogens (tertiary/aromatic N) is 4. The molecular weight excluding hydrogens is 728 g/mol. The number of rotatable bonds is 25. The summed E-state index contributed by atoms with van der Waals surface area (Å²) < 4.78 is 0. The number of hydrogen-bond acceptors (Lipinski definition) is 12. The van der Waals surface area contributed by atoms with Gasteiger partial charge >= 0.3 is 5.97 Å². The summed E-state index contributed by atoms with van der Waals surface area (Å²) in [4.78, 5) is 102. The molecule has 5 atom stereocenters. The molecule has 25 nitrogen and oxygen atoms in total. The minimum Gasteiger partial charge on any atom is -0.480 e. The SMILES string of the molecule is NC(N)=NCCC[C@H](NC(=O)CNC(=O)[C@@H]1CCCN1C(=O)[C@@H](N)CCCN=C(N)N)C(=O)N[C@@H](CCCN=C(N)N)C(=O)NCC(=O)N[C@@H](CO)C(=O)O. The first kappa shape index (κ1) is 47.0. The molecule has 1 fully saturated rings. The predicted molar refractivity (Wildman–Crippen MR) is 199 cm³/mol. The highest BCUT2D eigenvalue weighted by molar-refractivity contribution is 5.95. The third-order valence-corrected chi connectivity index (χ3v) is 7.96. The van der Waals surface area contributed by atoms with Crippen molar-refractivity contribution in [1.29, 1.82) is 0 Å². The van der Waals surface area contributed by atoms with Crippen molar-refractivity contribution in [1.82, 2.24) is 31.5 Å². The first-order chi connectivity index (χ1) is 26.0. The lowest BCUT2D eigenvalue weighted by Gasteiger charge is -2.27. The molecule has 1 heterocycles. The van der Waals surface area contributed by atoms with Crippen molar-refractivity contribution in [2.45, 2.75) is 81.6 Å². The molecule has 0 aromatic heterocycles. The number of aliphatic imine (C=N–C) groups is 3. The van der Waals surface area contributed by atoms with E-state index < -0.39 is 91.3 Å². The van der Waals surface area contributed by atoms with E-state index in [0.717, 1.165) is 0 Å². The number of guanidine groups is 3. The topological polar surface area (TPSA) is 443 Å². The molecule has 21 N–H and O–H groups in total. The van der Waals surface area contributed by atoms with E-state index in [4.69, 9.17) is 50.3 Å². The highest BCUT2D eigenvalue weighted by Gasteiger charge is 2.36. The van der Waals surface area contributed by atoms with Gasteiger partial charge in [0.15, 0.2) is 17.9 Å². The van der Waals surface area contributed by atoms with Crippen LogP contribution in [-0.2, 0) is 33.6 Å². The zero-order valence-electron chi connectivity index (χ0n) is 30.6. The average molecular weight is 785 g/mol. The van der Waals surface area contributed by atoms with Gasteiger partial charge in [-0.1, -0.05) is 0 Å². The number of nitrogens with two attached hydrogens (primary N) is 7. The third kappa shape index (κ3) is 19.1. The van der Waals surface area contributed by atoms with Crippen molar-refractivity contribution >= 4 is 59.3 Å². The summed E-state index contributed by atoms with van der Waals surface area (Å²) in [6.45, 7) is -1.42. The second-order valence-corrected chi connectivity index (χ2v) is 12.4. The standard InChI is InChI=1S/C30H56N16O9/c31-16(5-1-9-38-28(32)33)26(53)46-12-4-8-20(46)25(52)42-14-21(48)43-18(7-3-11-40-30(36)37)24(51)45-17(6-2-10-39-29(34)35)23(50)41-13-22(49)44-19(15-47)27(54)55/h16-20,47H,1-15,31H2,(H,41,50)(H,42,52)(H,43,48)(H,44,49)(H,45,51)(H,54,55)(H4,32,33,38)(H4,34,35,39)(H4,36,37,40)/t16-,17-,18-,19-,20-/m0/s1. The highest BCUT2D eigenvalue weighted by atomic mass is 16.4. The van der Waals surface area contributed by atoms with E-state index >= 15 is 0 Å². The van der Waals surface area contributed by atoms with Crippen molar-refractivity contribution in [3.8, 4) is 0 Å². The number of amides is 6. The molecule has 1 saturated heterocycles. The van der Waals surface area contributed by atoms with Crippen molar-refractivity contribution in [3.63, 3.8) is 0 Å². The summed E-state index contributed by atoms with van der Waals surface area (Å²) in [5, 5.41) is 30.0. The van der Waals surface area contributed by atoms with Crippen molar-refractivity contribution in [2.24, 2.45) is 55.1 Å². The first-order valence-electron chi connectivity index (χ1n) is 17.5. The molecule has 0 saturated carbocycles. The monoisotopic (exact) mass is 784 g/mol. The van der Waals surface area contributed by atoms with E-state index in [1.54, 1.807) is 0 Å². The van der Waals surface area contributed by atoms with Crippen LogP contribution in [0.3, 0.4) is 0 Å². The fraction of sp³-hybridized carbons (Fsp3) is 0.667. The van der Waals surface area contributed by atoms with Crippen LogP contribution in [0.15, 0.2) is 15.0 Å². The van der Waals surface area contributed by atoms with Gasteiger partial charge in [0.2, 0.25) is 35.4 Å². The van der Waals surface area contributed by atoms with Crippen molar-refractivity contribution in [2.75, 3.05) is 45.9 Å². The van der Waals surface area contributed by atoms with Gasteiger partial charge in [-0.3, -0.25) is 43.7 Å². The number of likely N-dealkylation sites (tertiary alicyclic amines) is 1. The second-order valence-electron chi connectivity index (χ2n) is 12.4. The molecule has 0 unspecified atom stereocenters. The Morgan fingerprint density at radius 1 is 0.673 bits per heavy atom. The first-order valence-corrected chi connectivity index (χ1v) is 17.5. The maximum atomic E-state index is 13.5. The number of carboxylic acid groups (broad SMARTS) is 1. The van der Waals surface area contributed by atoms with E-state index in [9.17, 15) is 33.6 Å². The van der Waals surface area contributed by atoms with Gasteiger partial charge in [-0.05, 0) is 51.4 Å². The third-order valence-electron chi connectivity index (χ3n) is 7.96. The number of carboxylic acids is 1. The lowest BCUT2D eigenvalue weighted by molar-refractivity contribution is -0.142. The van der Waals surface area contributed by atoms with E-state index in [-0.39, 0.29) is 69.6 Å². The normalized spacial score (nSPS) is 15.5. The average Bonchev–Trinajstić information content (AvgIpc) is 3.62. The molecule has 1 rings (SSSR count). The van der Waals surface area contributed by atoms with Crippen LogP contribution in [0.1, 0.15) is 51.4 Å². The van der Waals surface area contributed by atoms with Crippen LogP contribution >= 0.6 is 0 Å². The molecule has 310 valence electrons. The van der Waals surface area contributed by atoms with Gasteiger partial charge in [-0.15, -0.1) is 0 Å². The minimum absolute atomic E-state index is 0.0171. The minimum atomic E-state index is -1.61. The van der Waals surface area contributed by atoms with Crippen LogP contribution in [0.2, 0.25) is 0 Å². The maximum absolute atomic E-state index is 13.5. The van der Waals surface area contributed by atoms with Crippen LogP contribution in [-0.4, -0.2) is 150 Å². The predicted octanol–water partition coefficient (Wildman–Crippen LogP) is -7.77. The summed E-state index contributed by atoms with van der Waals surface area (Å²) in [6, 6.07) is -5.93. The van der Waals surface area contributed by atoms with Crippen LogP contribution in [0, 0.1) is 0 Å². The molecule has 1 aliphatic rings. The molecule has 55 heavy (non-hydrogen) atoms. The molecule has 0 radical (unpaired) electrons. The Bertz CT molecular complexity index is 1410. The fourth-order valence-corrected chi connectivity index (χ4v) is 5.23. The van der Waals surface area contributed by atoms with Gasteiger partial charge < -0.3 is 81.8 Å². The van der Waals surface area contributed by atoms with Gasteiger partial charge in [-0.25, -0.2) is 4.79 Å². The summed E-state index contributed by atoms with van der Waals surface area (Å²) in [5.74, 6) is -6.38. The van der Waals surface area contributed by atoms with Gasteiger partial charge in [0.1, 0.15) is 24.2 Å². The Morgan fingerprint density at radius 2 is 1.15 bits per heavy atom. The molecule has 0 spiro atoms. The molecule has 25 heteroatoms. The number of aliphatic hydroxyl groups excluding tert-OH is 1. The Kier molecular flexibility index (Phi) is 21.5. The van der Waals surface area contributed by atoms with E-state index in [1.807, 2.05) is 5.32 Å². The van der Waals surface area contributed by atoms with E-state index in [0.29, 0.717) is 25.8 Å². The zero-order valence-corrected chi connectivity index (χ0v) is 30.6. The van der Waals surface area contributed by atoms with Gasteiger partial charge in [0.05, 0.1) is 25.7 Å². The fourth-order valence-electron chi connectivity index (χ4n) is 5.23. The molecule has 0 bridgehead atoms. The van der Waals surface area contributed by atoms with Gasteiger partial charge in [0, 0.05) is 26.2 Å². The molecular formula is C30H56N16O9. The summed E-state index contributed by atoms with van der Waals surface area (Å²) in [7, 11) is 0. The van der Waals surface area contributed by atoms with Gasteiger partial charge in [0.25, 0.3) is 0 Å². The van der Waals surface area contributed by atoms with E-state index in [1.165, 1.54) is 4.90 Å². The maximum Gasteiger partial charge on any atom is 0.328 e. The molecule has 0 aromatic rings. The van der Waals surface area contributed by atoms with Crippen molar-refractivity contribution in [3.05, 3.63) is 0 Å². The zero-order chi connectivity index (χ0) is 41.5. The summed E-state index contributed by atoms with van der Waals surface area (Å²) in [5.41, 5.74) is 38.2. The molecule has 6 amide bonds. The largest absolute Gasteiger partial charge is 0.480 e. The Morgan fingerprint density at radius 3 is 1.64 bits per heavy atom. The second kappa shape index (κ2) is 25.1. The number of nitrogens with one attached hydrogen (secondary N) is 5. The van der Waals surface area contributed by atoms with Crippen LogP contribution in [0.4, 0.5) is 0 Å². The Labute approximate surface area is 317 Å². The van der Waals surface area contributed by atoms with Crippen LogP contribution in [0.5, 0.6) is 0 Å². The summed E-state index contributed by atoms with van der Waals surface area (Å²) >= 11 is 0. The summed E-state index contributed by atoms with van der Waals surface area (Å²) in [6.07, 6.45) is 1.93. The molecule has 1 aliphatic heterocycles. The van der Waals surface area contributed by atoms with Crippen molar-refractivity contribution < 1.29 is 43.8 Å². The number of carbonyl (C=O) groups is 7. The quantitative estimate of drug-likeness (QED) is 0.0232. The molecule has 0 aliphatic carbocycles. The lowest BCUT2D eigenvalue weighted by atomic mass is 10.1. The number of aliphatic hydroxyl groups is 1.